The van der Waals surface area contributed by atoms with E-state index in [1.54, 1.807) is 12.4 Å². The Morgan fingerprint density at radius 2 is 1.27 bits per heavy atom. The van der Waals surface area contributed by atoms with Gasteiger partial charge in [0, 0.05) is 12.4 Å². The number of hydrogen-bond donors (Lipinski definition) is 0. The molecule has 1 heterocycles. The highest BCUT2D eigenvalue weighted by atomic mass is 35.5. The third kappa shape index (κ3) is 4.45. The fourth-order valence-electron chi connectivity index (χ4n) is 1.26. The Kier molecular flexibility index (Phi) is 5.84. The Morgan fingerprint density at radius 3 is 1.50 bits per heavy atom. The number of hydrogen-bond acceptors (Lipinski definition) is 7. The highest BCUT2D eigenvalue weighted by Gasteiger charge is 2.28. The summed E-state index contributed by atoms with van der Waals surface area (Å²) in [5, 5.41) is 30.5. The lowest BCUT2D eigenvalue weighted by molar-refractivity contribution is -0.403. The summed E-state index contributed by atoms with van der Waals surface area (Å²) in [7, 11) is 0. The molecule has 0 N–H and O–H groups in total. The predicted octanol–water partition coefficient (Wildman–Crippen LogP) is 3.15. The van der Waals surface area contributed by atoms with Crippen LogP contribution < -0.4 is 0 Å². The van der Waals surface area contributed by atoms with Gasteiger partial charge >= 0.3 is 11.4 Å². The second kappa shape index (κ2) is 7.59. The van der Waals surface area contributed by atoms with Crippen LogP contribution in [0.4, 0.5) is 17.1 Å². The molecule has 0 aliphatic heterocycles. The third-order valence-electron chi connectivity index (χ3n) is 2.19. The number of nitro groups is 3. The summed E-state index contributed by atoms with van der Waals surface area (Å²) in [5.41, 5.74) is -2.51. The molecule has 0 unspecified atom stereocenters. The quantitative estimate of drug-likeness (QED) is 0.622. The van der Waals surface area contributed by atoms with Gasteiger partial charge in [0.15, 0.2) is 5.02 Å². The molecule has 0 spiro atoms. The van der Waals surface area contributed by atoms with E-state index in [2.05, 4.69) is 4.98 Å². The fraction of sp³-hybridized carbons (Fsp3) is 0. The zero-order valence-corrected chi connectivity index (χ0v) is 11.4. The van der Waals surface area contributed by atoms with E-state index in [9.17, 15) is 30.3 Å². The van der Waals surface area contributed by atoms with E-state index >= 15 is 0 Å². The van der Waals surface area contributed by atoms with Crippen molar-refractivity contribution < 1.29 is 14.8 Å². The molecule has 0 saturated carbocycles. The smallest absolute Gasteiger partial charge is 0.265 e. The number of halogens is 1. The summed E-state index contributed by atoms with van der Waals surface area (Å²) >= 11 is 5.37. The lowest BCUT2D eigenvalue weighted by atomic mass is 10.2. The Labute approximate surface area is 127 Å². The van der Waals surface area contributed by atoms with Crippen LogP contribution in [0.5, 0.6) is 0 Å². The van der Waals surface area contributed by atoms with Gasteiger partial charge < -0.3 is 0 Å². The van der Waals surface area contributed by atoms with Crippen molar-refractivity contribution in [1.82, 2.24) is 4.98 Å². The van der Waals surface area contributed by atoms with Gasteiger partial charge in [0.05, 0.1) is 26.9 Å². The van der Waals surface area contributed by atoms with Gasteiger partial charge in [-0.1, -0.05) is 17.7 Å². The van der Waals surface area contributed by atoms with Crippen LogP contribution in [0.3, 0.4) is 0 Å². The first-order valence-electron chi connectivity index (χ1n) is 5.46. The van der Waals surface area contributed by atoms with Crippen LogP contribution in [-0.4, -0.2) is 19.8 Å². The molecule has 0 saturated heterocycles. The van der Waals surface area contributed by atoms with Gasteiger partial charge in [0.25, 0.3) is 5.69 Å². The molecular weight excluding hydrogens is 320 g/mol. The number of rotatable bonds is 3. The van der Waals surface area contributed by atoms with Gasteiger partial charge in [-0.05, 0) is 12.1 Å². The molecule has 0 bridgehead atoms. The van der Waals surface area contributed by atoms with Gasteiger partial charge in [-0.2, -0.15) is 0 Å². The van der Waals surface area contributed by atoms with Crippen LogP contribution in [-0.2, 0) is 0 Å². The monoisotopic (exact) mass is 326 g/mol. The average Bonchev–Trinajstić information content (AvgIpc) is 2.49. The van der Waals surface area contributed by atoms with Crippen molar-refractivity contribution >= 4 is 28.7 Å². The summed E-state index contributed by atoms with van der Waals surface area (Å²) in [4.78, 5) is 32.0. The van der Waals surface area contributed by atoms with Crippen molar-refractivity contribution in [3.63, 3.8) is 0 Å². The van der Waals surface area contributed by atoms with E-state index in [-0.39, 0.29) is 0 Å². The van der Waals surface area contributed by atoms with Crippen molar-refractivity contribution in [1.29, 1.82) is 0 Å². The number of aromatic nitrogens is 1. The number of benzene rings is 1. The maximum absolute atomic E-state index is 10.4. The highest BCUT2D eigenvalue weighted by Crippen LogP contribution is 2.37. The van der Waals surface area contributed by atoms with Gasteiger partial charge in [-0.25, -0.2) is 0 Å². The van der Waals surface area contributed by atoms with E-state index in [1.807, 2.05) is 18.2 Å². The van der Waals surface area contributed by atoms with E-state index in [0.717, 1.165) is 0 Å². The van der Waals surface area contributed by atoms with Crippen LogP contribution in [0.25, 0.3) is 0 Å². The largest absolute Gasteiger partial charge is 0.301 e. The molecule has 0 radical (unpaired) electrons. The number of nitrogens with zero attached hydrogens (tertiary/aromatic N) is 4. The Balaban J connectivity index is 0.000000335. The lowest BCUT2D eigenvalue weighted by Gasteiger charge is -1.97. The molecule has 0 aliphatic carbocycles. The van der Waals surface area contributed by atoms with Gasteiger partial charge in [0.1, 0.15) is 0 Å². The van der Waals surface area contributed by atoms with Gasteiger partial charge in [-0.15, -0.1) is 0 Å². The van der Waals surface area contributed by atoms with Crippen LogP contribution in [0.1, 0.15) is 0 Å². The maximum atomic E-state index is 10.4. The maximum Gasteiger partial charge on any atom is 0.301 e. The van der Waals surface area contributed by atoms with Crippen LogP contribution in [0, 0.1) is 30.3 Å². The summed E-state index contributed by atoms with van der Waals surface area (Å²) < 4.78 is 0. The zero-order valence-electron chi connectivity index (χ0n) is 10.7. The molecule has 0 atom stereocenters. The molecule has 10 nitrogen and oxygen atoms in total. The van der Waals surface area contributed by atoms with Gasteiger partial charge in [-0.3, -0.25) is 35.3 Å². The SMILES string of the molecule is O=[N+]([O-])c1cc([N+](=O)[O-])c(Cl)c([N+](=O)[O-])c1.c1ccncc1. The summed E-state index contributed by atoms with van der Waals surface area (Å²) in [6.45, 7) is 0. The van der Waals surface area contributed by atoms with Crippen molar-refractivity contribution in [2.45, 2.75) is 0 Å². The molecule has 0 aliphatic rings. The standard InChI is InChI=1S/C6H2ClN3O6.C5H5N/c7-6-4(9(13)14)1-3(8(11)12)2-5(6)10(15)16;1-2-4-6-5-3-1/h1-2H;1-5H. The molecule has 0 amide bonds. The Bertz CT molecular complexity index is 647. The van der Waals surface area contributed by atoms with Crippen LogP contribution >= 0.6 is 11.6 Å². The van der Waals surface area contributed by atoms with Crippen molar-refractivity contribution in [3.8, 4) is 0 Å². The molecule has 0 fully saturated rings. The second-order valence-corrected chi connectivity index (χ2v) is 3.97. The molecule has 1 aromatic heterocycles. The highest BCUT2D eigenvalue weighted by molar-refractivity contribution is 6.34. The van der Waals surface area contributed by atoms with Crippen molar-refractivity contribution in [2.75, 3.05) is 0 Å². The molecular formula is C11H7ClN4O6. The number of pyridine rings is 1. The van der Waals surface area contributed by atoms with E-state index in [0.29, 0.717) is 12.1 Å². The first kappa shape index (κ1) is 16.9. The molecule has 2 rings (SSSR count). The predicted molar refractivity (Wildman–Crippen MR) is 75.7 cm³/mol. The first-order chi connectivity index (χ1) is 10.3. The summed E-state index contributed by atoms with van der Waals surface area (Å²) in [6.07, 6.45) is 3.50. The Hall–Kier alpha value is -3.14. The first-order valence-corrected chi connectivity index (χ1v) is 5.84. The van der Waals surface area contributed by atoms with Crippen LogP contribution in [0.2, 0.25) is 5.02 Å². The lowest BCUT2D eigenvalue weighted by Crippen LogP contribution is -1.98. The Morgan fingerprint density at radius 1 is 0.818 bits per heavy atom. The van der Waals surface area contributed by atoms with Gasteiger partial charge in [0.2, 0.25) is 0 Å². The molecule has 114 valence electrons. The summed E-state index contributed by atoms with van der Waals surface area (Å²) in [5.74, 6) is 0. The minimum Gasteiger partial charge on any atom is -0.265 e. The fourth-order valence-corrected chi connectivity index (χ4v) is 1.51. The molecule has 11 heteroatoms. The molecule has 22 heavy (non-hydrogen) atoms. The minimum atomic E-state index is -1.03. The van der Waals surface area contributed by atoms with Crippen molar-refractivity contribution in [3.05, 3.63) is 78.1 Å². The average molecular weight is 327 g/mol. The molecule has 1 aromatic carbocycles. The van der Waals surface area contributed by atoms with Crippen molar-refractivity contribution in [2.24, 2.45) is 0 Å². The minimum absolute atomic E-state index is 0.565. The van der Waals surface area contributed by atoms with E-state index in [1.165, 1.54) is 0 Å². The van der Waals surface area contributed by atoms with E-state index < -0.39 is 36.9 Å². The normalized spacial score (nSPS) is 9.32. The number of non-ortho nitro benzene ring substituents is 1. The third-order valence-corrected chi connectivity index (χ3v) is 2.58. The second-order valence-electron chi connectivity index (χ2n) is 3.59. The van der Waals surface area contributed by atoms with Crippen LogP contribution in [0.15, 0.2) is 42.7 Å². The molecule has 2 aromatic rings. The van der Waals surface area contributed by atoms with E-state index in [4.69, 9.17) is 11.6 Å². The number of nitro benzene ring substituents is 3. The summed E-state index contributed by atoms with van der Waals surface area (Å²) in [6, 6.07) is 6.84. The zero-order chi connectivity index (χ0) is 16.7. The topological polar surface area (TPSA) is 142 Å².